The Morgan fingerprint density at radius 1 is 1.15 bits per heavy atom. The quantitative estimate of drug-likeness (QED) is 0.225. The van der Waals surface area contributed by atoms with E-state index in [4.69, 9.17) is 0 Å². The van der Waals surface area contributed by atoms with Crippen molar-refractivity contribution in [3.8, 4) is 0 Å². The summed E-state index contributed by atoms with van der Waals surface area (Å²) in [6.45, 7) is 8.27. The third kappa shape index (κ3) is 5.95. The van der Waals surface area contributed by atoms with E-state index >= 15 is 0 Å². The van der Waals surface area contributed by atoms with Gasteiger partial charge < -0.3 is 15.2 Å². The second-order valence-electron chi connectivity index (χ2n) is 6.11. The molecule has 0 fully saturated rings. The summed E-state index contributed by atoms with van der Waals surface area (Å²) in [5, 5.41) is 10.8. The fraction of sp³-hybridized carbons (Fsp3) is 0.421. The maximum Gasteiger partial charge on any atom is 0.191 e. The van der Waals surface area contributed by atoms with Gasteiger partial charge in [-0.05, 0) is 38.5 Å². The molecule has 27 heavy (non-hydrogen) atoms. The van der Waals surface area contributed by atoms with E-state index < -0.39 is 0 Å². The van der Waals surface area contributed by atoms with Gasteiger partial charge >= 0.3 is 0 Å². The summed E-state index contributed by atoms with van der Waals surface area (Å²) in [5.74, 6) is 1.91. The molecule has 0 bridgehead atoms. The summed E-state index contributed by atoms with van der Waals surface area (Å²) in [4.78, 5) is 9.29. The minimum Gasteiger partial charge on any atom is -0.357 e. The molecule has 0 spiro atoms. The molecule has 3 aromatic rings. The number of guanidine groups is 1. The molecule has 0 aliphatic carbocycles. The van der Waals surface area contributed by atoms with Crippen molar-refractivity contribution < 1.29 is 0 Å². The second-order valence-corrected chi connectivity index (χ2v) is 6.11. The molecule has 3 rings (SSSR count). The Kier molecular flexibility index (Phi) is 8.56. The number of aliphatic imine (C=N–C) groups is 1. The van der Waals surface area contributed by atoms with Crippen molar-refractivity contribution in [2.24, 2.45) is 4.99 Å². The van der Waals surface area contributed by atoms with Gasteiger partial charge in [-0.25, -0.2) is 4.98 Å². The third-order valence-electron chi connectivity index (χ3n) is 4.19. The van der Waals surface area contributed by atoms with Crippen LogP contribution in [0.3, 0.4) is 0 Å². The molecule has 0 aliphatic rings. The molecule has 146 valence electrons. The van der Waals surface area contributed by atoms with Crippen molar-refractivity contribution in [1.82, 2.24) is 30.0 Å². The van der Waals surface area contributed by atoms with Crippen LogP contribution in [0.2, 0.25) is 0 Å². The maximum absolute atomic E-state index is 4.67. The Labute approximate surface area is 177 Å². The molecule has 2 heterocycles. The normalized spacial score (nSPS) is 11.4. The second kappa shape index (κ2) is 10.9. The number of imidazole rings is 1. The number of halogens is 1. The van der Waals surface area contributed by atoms with Crippen LogP contribution >= 0.6 is 24.0 Å². The number of para-hydroxylation sites is 2. The molecule has 0 radical (unpaired) electrons. The van der Waals surface area contributed by atoms with Gasteiger partial charge in [0.2, 0.25) is 0 Å². The molecule has 2 aromatic heterocycles. The van der Waals surface area contributed by atoms with Crippen LogP contribution in [-0.4, -0.2) is 44.9 Å². The summed E-state index contributed by atoms with van der Waals surface area (Å²) >= 11 is 0. The van der Waals surface area contributed by atoms with E-state index in [2.05, 4.69) is 62.3 Å². The zero-order valence-corrected chi connectivity index (χ0v) is 18.3. The highest BCUT2D eigenvalue weighted by molar-refractivity contribution is 14.0. The Balaban J connectivity index is 0.00000261. The molecule has 0 aliphatic heterocycles. The van der Waals surface area contributed by atoms with E-state index in [1.54, 1.807) is 6.20 Å². The molecule has 0 saturated carbocycles. The Hall–Kier alpha value is -2.10. The number of rotatable bonds is 8. The van der Waals surface area contributed by atoms with Gasteiger partial charge in [0.15, 0.2) is 5.96 Å². The standard InChI is InChI=1S/C19H27N7.HI/c1-3-20-19(22-12-15-25-13-7-11-23-25)21-10-6-14-26-16(2)24-17-8-4-5-9-18(17)26;/h4-5,7-9,11,13H,3,6,10,12,14-15H2,1-2H3,(H2,20,21,22);1H. The summed E-state index contributed by atoms with van der Waals surface area (Å²) in [5.41, 5.74) is 2.25. The molecule has 2 N–H and O–H groups in total. The van der Waals surface area contributed by atoms with Crippen molar-refractivity contribution >= 4 is 41.0 Å². The molecule has 7 nitrogen and oxygen atoms in total. The number of hydrogen-bond donors (Lipinski definition) is 2. The first kappa shape index (κ1) is 21.2. The highest BCUT2D eigenvalue weighted by Gasteiger charge is 2.05. The first-order valence-electron chi connectivity index (χ1n) is 9.19. The lowest BCUT2D eigenvalue weighted by Gasteiger charge is -2.11. The van der Waals surface area contributed by atoms with Gasteiger partial charge in [-0.3, -0.25) is 9.67 Å². The van der Waals surface area contributed by atoms with Crippen molar-refractivity contribution in [3.63, 3.8) is 0 Å². The van der Waals surface area contributed by atoms with E-state index in [0.717, 1.165) is 56.4 Å². The van der Waals surface area contributed by atoms with Crippen LogP contribution in [0, 0.1) is 6.92 Å². The van der Waals surface area contributed by atoms with Gasteiger partial charge in [0.25, 0.3) is 0 Å². The summed E-state index contributed by atoms with van der Waals surface area (Å²) in [7, 11) is 0. The largest absolute Gasteiger partial charge is 0.357 e. The fourth-order valence-corrected chi connectivity index (χ4v) is 2.96. The van der Waals surface area contributed by atoms with Crippen LogP contribution in [0.15, 0.2) is 47.7 Å². The Morgan fingerprint density at radius 3 is 2.78 bits per heavy atom. The zero-order chi connectivity index (χ0) is 18.2. The predicted octanol–water partition coefficient (Wildman–Crippen LogP) is 2.80. The Morgan fingerprint density at radius 2 is 2.00 bits per heavy atom. The van der Waals surface area contributed by atoms with E-state index in [1.807, 2.05) is 23.0 Å². The van der Waals surface area contributed by atoms with Crippen molar-refractivity contribution in [2.75, 3.05) is 19.6 Å². The van der Waals surface area contributed by atoms with Gasteiger partial charge in [0.1, 0.15) is 5.82 Å². The predicted molar refractivity (Wildman–Crippen MR) is 121 cm³/mol. The van der Waals surface area contributed by atoms with Crippen molar-refractivity contribution in [3.05, 3.63) is 48.5 Å². The molecule has 8 heteroatoms. The molecule has 0 unspecified atom stereocenters. The summed E-state index contributed by atoms with van der Waals surface area (Å²) in [6, 6.07) is 10.2. The van der Waals surface area contributed by atoms with E-state index in [1.165, 1.54) is 5.52 Å². The molecule has 0 amide bonds. The molecule has 1 aromatic carbocycles. The average Bonchev–Trinajstić information content (AvgIpc) is 3.26. The lowest BCUT2D eigenvalue weighted by atomic mass is 10.3. The molecular formula is C19H28IN7. The lowest BCUT2D eigenvalue weighted by molar-refractivity contribution is 0.596. The number of hydrogen-bond acceptors (Lipinski definition) is 3. The fourth-order valence-electron chi connectivity index (χ4n) is 2.96. The van der Waals surface area contributed by atoms with Crippen LogP contribution < -0.4 is 10.6 Å². The van der Waals surface area contributed by atoms with E-state index in [-0.39, 0.29) is 24.0 Å². The summed E-state index contributed by atoms with van der Waals surface area (Å²) < 4.78 is 4.17. The average molecular weight is 481 g/mol. The van der Waals surface area contributed by atoms with Gasteiger partial charge in [0, 0.05) is 38.6 Å². The van der Waals surface area contributed by atoms with Crippen molar-refractivity contribution in [2.45, 2.75) is 33.4 Å². The summed E-state index contributed by atoms with van der Waals surface area (Å²) in [6.07, 6.45) is 4.72. The van der Waals surface area contributed by atoms with Gasteiger partial charge in [-0.15, -0.1) is 24.0 Å². The number of nitrogens with one attached hydrogen (secondary N) is 2. The number of aryl methyl sites for hydroxylation is 2. The maximum atomic E-state index is 4.67. The van der Waals surface area contributed by atoms with Crippen LogP contribution in [0.5, 0.6) is 0 Å². The van der Waals surface area contributed by atoms with Crippen LogP contribution in [0.25, 0.3) is 11.0 Å². The highest BCUT2D eigenvalue weighted by atomic mass is 127. The first-order chi connectivity index (χ1) is 12.8. The first-order valence-corrected chi connectivity index (χ1v) is 9.19. The highest BCUT2D eigenvalue weighted by Crippen LogP contribution is 2.15. The van der Waals surface area contributed by atoms with E-state index in [0.29, 0.717) is 0 Å². The van der Waals surface area contributed by atoms with E-state index in [9.17, 15) is 0 Å². The minimum absolute atomic E-state index is 0. The van der Waals surface area contributed by atoms with Gasteiger partial charge in [-0.2, -0.15) is 5.10 Å². The van der Waals surface area contributed by atoms with Crippen LogP contribution in [-0.2, 0) is 13.1 Å². The topological polar surface area (TPSA) is 72.1 Å². The third-order valence-corrected chi connectivity index (χ3v) is 4.19. The number of benzene rings is 1. The molecule has 0 atom stereocenters. The number of fused-ring (bicyclic) bond motifs is 1. The number of aromatic nitrogens is 4. The minimum atomic E-state index is 0. The monoisotopic (exact) mass is 481 g/mol. The SMILES string of the molecule is CCNC(=NCCCn1c(C)nc2ccccc21)NCCn1cccn1.I. The molecular weight excluding hydrogens is 453 g/mol. The van der Waals surface area contributed by atoms with Gasteiger partial charge in [-0.1, -0.05) is 12.1 Å². The smallest absolute Gasteiger partial charge is 0.191 e. The van der Waals surface area contributed by atoms with Crippen LogP contribution in [0.1, 0.15) is 19.2 Å². The zero-order valence-electron chi connectivity index (χ0n) is 15.9. The van der Waals surface area contributed by atoms with Gasteiger partial charge in [0.05, 0.1) is 17.6 Å². The molecule has 0 saturated heterocycles. The Bertz CT molecular complexity index is 839. The van der Waals surface area contributed by atoms with Crippen LogP contribution in [0.4, 0.5) is 0 Å². The lowest BCUT2D eigenvalue weighted by Crippen LogP contribution is -2.39. The van der Waals surface area contributed by atoms with Crippen molar-refractivity contribution in [1.29, 1.82) is 0 Å². The number of nitrogens with zero attached hydrogens (tertiary/aromatic N) is 5.